The molecule has 3 N–H and O–H groups in total. The molecule has 2 fully saturated rings. The van der Waals surface area contributed by atoms with Crippen LogP contribution in [0.3, 0.4) is 0 Å². The zero-order chi connectivity index (χ0) is 19.5. The number of morpholine rings is 1. The van der Waals surface area contributed by atoms with E-state index in [1.807, 2.05) is 0 Å². The Bertz CT molecular complexity index is 466. The number of carbonyl (C=O) groups excluding carboxylic acids is 1. The average molecular weight is 509 g/mol. The SMILES string of the molecule is CCNC(=NCC(CC(C)C)N1CCOCC1)NCCCC(=O)NC1CC1.I. The molecular weight excluding hydrogens is 469 g/mol. The van der Waals surface area contributed by atoms with E-state index in [-0.39, 0.29) is 29.9 Å². The van der Waals surface area contributed by atoms with Crippen molar-refractivity contribution in [2.75, 3.05) is 45.9 Å². The summed E-state index contributed by atoms with van der Waals surface area (Å²) in [4.78, 5) is 19.1. The first kappa shape index (κ1) is 25.4. The maximum absolute atomic E-state index is 11.8. The highest BCUT2D eigenvalue weighted by Gasteiger charge is 2.23. The highest BCUT2D eigenvalue weighted by molar-refractivity contribution is 14.0. The molecule has 0 bridgehead atoms. The predicted molar refractivity (Wildman–Crippen MR) is 125 cm³/mol. The van der Waals surface area contributed by atoms with Crippen LogP contribution in [0.25, 0.3) is 0 Å². The number of carbonyl (C=O) groups is 1. The van der Waals surface area contributed by atoms with Crippen molar-refractivity contribution in [2.45, 2.75) is 65.0 Å². The normalized spacial score (nSPS) is 19.1. The van der Waals surface area contributed by atoms with Gasteiger partial charge in [0, 0.05) is 44.7 Å². The molecule has 164 valence electrons. The molecule has 2 rings (SSSR count). The van der Waals surface area contributed by atoms with E-state index in [0.717, 1.165) is 77.6 Å². The van der Waals surface area contributed by atoms with E-state index in [0.29, 0.717) is 24.4 Å². The molecule has 0 aromatic heterocycles. The van der Waals surface area contributed by atoms with Crippen molar-refractivity contribution in [3.8, 4) is 0 Å². The van der Waals surface area contributed by atoms with Crippen LogP contribution in [0, 0.1) is 5.92 Å². The quantitative estimate of drug-likeness (QED) is 0.172. The van der Waals surface area contributed by atoms with E-state index in [1.165, 1.54) is 0 Å². The number of halogens is 1. The fraction of sp³-hybridized carbons (Fsp3) is 0.900. The van der Waals surface area contributed by atoms with Crippen LogP contribution in [0.5, 0.6) is 0 Å². The van der Waals surface area contributed by atoms with Crippen LogP contribution in [0.15, 0.2) is 4.99 Å². The highest BCUT2D eigenvalue weighted by atomic mass is 127. The number of guanidine groups is 1. The number of aliphatic imine (C=N–C) groups is 1. The van der Waals surface area contributed by atoms with Gasteiger partial charge in [-0.2, -0.15) is 0 Å². The number of nitrogens with zero attached hydrogens (tertiary/aromatic N) is 2. The molecule has 28 heavy (non-hydrogen) atoms. The summed E-state index contributed by atoms with van der Waals surface area (Å²) in [5.41, 5.74) is 0. The molecule has 7 nitrogen and oxygen atoms in total. The minimum atomic E-state index is 0. The van der Waals surface area contributed by atoms with Gasteiger partial charge in [-0.1, -0.05) is 13.8 Å². The van der Waals surface area contributed by atoms with Gasteiger partial charge in [0.1, 0.15) is 0 Å². The van der Waals surface area contributed by atoms with Gasteiger partial charge in [0.15, 0.2) is 5.96 Å². The number of ether oxygens (including phenoxy) is 1. The van der Waals surface area contributed by atoms with Gasteiger partial charge in [-0.25, -0.2) is 0 Å². The Hall–Kier alpha value is -0.610. The average Bonchev–Trinajstić information content (AvgIpc) is 3.46. The van der Waals surface area contributed by atoms with Crippen molar-refractivity contribution < 1.29 is 9.53 Å². The van der Waals surface area contributed by atoms with Gasteiger partial charge in [-0.3, -0.25) is 14.7 Å². The summed E-state index contributed by atoms with van der Waals surface area (Å²) in [6.45, 7) is 12.6. The molecule has 0 aromatic rings. The third-order valence-electron chi connectivity index (χ3n) is 4.93. The van der Waals surface area contributed by atoms with E-state index in [1.54, 1.807) is 0 Å². The van der Waals surface area contributed by atoms with Crippen LogP contribution in [-0.2, 0) is 9.53 Å². The van der Waals surface area contributed by atoms with Gasteiger partial charge in [0.25, 0.3) is 0 Å². The zero-order valence-corrected chi connectivity index (χ0v) is 20.2. The summed E-state index contributed by atoms with van der Waals surface area (Å²) >= 11 is 0. The fourth-order valence-electron chi connectivity index (χ4n) is 3.35. The third-order valence-corrected chi connectivity index (χ3v) is 4.93. The van der Waals surface area contributed by atoms with Crippen molar-refractivity contribution in [3.63, 3.8) is 0 Å². The first-order valence-electron chi connectivity index (χ1n) is 10.7. The molecule has 1 aliphatic heterocycles. The molecule has 1 heterocycles. The topological polar surface area (TPSA) is 78.0 Å². The molecule has 0 spiro atoms. The maximum atomic E-state index is 11.8. The maximum Gasteiger partial charge on any atom is 0.220 e. The largest absolute Gasteiger partial charge is 0.379 e. The molecule has 0 radical (unpaired) electrons. The predicted octanol–water partition coefficient (Wildman–Crippen LogP) is 1.97. The van der Waals surface area contributed by atoms with Crippen molar-refractivity contribution in [1.29, 1.82) is 0 Å². The Labute approximate surface area is 187 Å². The van der Waals surface area contributed by atoms with E-state index in [4.69, 9.17) is 9.73 Å². The molecule has 1 saturated heterocycles. The lowest BCUT2D eigenvalue weighted by Gasteiger charge is -2.34. The Morgan fingerprint density at radius 2 is 1.93 bits per heavy atom. The molecule has 1 saturated carbocycles. The Balaban J connectivity index is 0.00000392. The number of hydrogen-bond donors (Lipinski definition) is 3. The van der Waals surface area contributed by atoms with E-state index >= 15 is 0 Å². The summed E-state index contributed by atoms with van der Waals surface area (Å²) in [6.07, 6.45) is 4.82. The smallest absolute Gasteiger partial charge is 0.220 e. The van der Waals surface area contributed by atoms with Crippen molar-refractivity contribution >= 4 is 35.8 Å². The van der Waals surface area contributed by atoms with Crippen LogP contribution in [0.1, 0.15) is 52.9 Å². The summed E-state index contributed by atoms with van der Waals surface area (Å²) in [7, 11) is 0. The molecule has 1 amide bonds. The Morgan fingerprint density at radius 1 is 1.21 bits per heavy atom. The molecule has 1 unspecified atom stereocenters. The Kier molecular flexibility index (Phi) is 13.1. The summed E-state index contributed by atoms with van der Waals surface area (Å²) in [6, 6.07) is 0.899. The molecule has 8 heteroatoms. The second-order valence-electron chi connectivity index (χ2n) is 8.02. The molecular formula is C20H40IN5O2. The van der Waals surface area contributed by atoms with Gasteiger partial charge in [0.2, 0.25) is 5.91 Å². The van der Waals surface area contributed by atoms with Crippen LogP contribution >= 0.6 is 24.0 Å². The second-order valence-corrected chi connectivity index (χ2v) is 8.02. The fourth-order valence-corrected chi connectivity index (χ4v) is 3.35. The lowest BCUT2D eigenvalue weighted by atomic mass is 10.0. The van der Waals surface area contributed by atoms with Gasteiger partial charge in [0.05, 0.1) is 19.8 Å². The van der Waals surface area contributed by atoms with E-state index < -0.39 is 0 Å². The van der Waals surface area contributed by atoms with Crippen LogP contribution in [-0.4, -0.2) is 74.8 Å². The summed E-state index contributed by atoms with van der Waals surface area (Å²) in [5.74, 6) is 1.67. The van der Waals surface area contributed by atoms with Gasteiger partial charge >= 0.3 is 0 Å². The minimum Gasteiger partial charge on any atom is -0.379 e. The lowest BCUT2D eigenvalue weighted by Crippen LogP contribution is -2.46. The first-order valence-corrected chi connectivity index (χ1v) is 10.7. The lowest BCUT2D eigenvalue weighted by molar-refractivity contribution is -0.121. The first-order chi connectivity index (χ1) is 13.1. The Morgan fingerprint density at radius 3 is 2.54 bits per heavy atom. The third kappa shape index (κ3) is 10.8. The highest BCUT2D eigenvalue weighted by Crippen LogP contribution is 2.18. The van der Waals surface area contributed by atoms with Crippen LogP contribution in [0.4, 0.5) is 0 Å². The number of rotatable bonds is 11. The van der Waals surface area contributed by atoms with E-state index in [2.05, 4.69) is 41.6 Å². The standard InChI is InChI=1S/C20H39N5O2.HI/c1-4-21-20(22-9-5-6-19(26)24-17-7-8-17)23-15-18(14-16(2)3)25-10-12-27-13-11-25;/h16-18H,4-15H2,1-3H3,(H,24,26)(H2,21,22,23);1H. The van der Waals surface area contributed by atoms with Gasteiger partial charge in [-0.05, 0) is 38.5 Å². The molecule has 0 aromatic carbocycles. The minimum absolute atomic E-state index is 0. The van der Waals surface area contributed by atoms with Crippen molar-refractivity contribution in [3.05, 3.63) is 0 Å². The molecule has 2 aliphatic rings. The number of hydrogen-bond acceptors (Lipinski definition) is 4. The van der Waals surface area contributed by atoms with Gasteiger partial charge in [-0.15, -0.1) is 24.0 Å². The monoisotopic (exact) mass is 509 g/mol. The molecule has 1 atom stereocenters. The van der Waals surface area contributed by atoms with Crippen molar-refractivity contribution in [2.24, 2.45) is 10.9 Å². The second kappa shape index (κ2) is 14.4. The van der Waals surface area contributed by atoms with Crippen LogP contribution in [0.2, 0.25) is 0 Å². The summed E-state index contributed by atoms with van der Waals surface area (Å²) in [5, 5.41) is 9.73. The summed E-state index contributed by atoms with van der Waals surface area (Å²) < 4.78 is 5.50. The van der Waals surface area contributed by atoms with Crippen molar-refractivity contribution in [1.82, 2.24) is 20.9 Å². The number of amides is 1. The molecule has 1 aliphatic carbocycles. The number of nitrogens with one attached hydrogen (secondary N) is 3. The zero-order valence-electron chi connectivity index (χ0n) is 17.8. The van der Waals surface area contributed by atoms with E-state index in [9.17, 15) is 4.79 Å². The van der Waals surface area contributed by atoms with Crippen LogP contribution < -0.4 is 16.0 Å². The van der Waals surface area contributed by atoms with Gasteiger partial charge < -0.3 is 20.7 Å².